The van der Waals surface area contributed by atoms with Gasteiger partial charge in [-0.1, -0.05) is 6.92 Å². The summed E-state index contributed by atoms with van der Waals surface area (Å²) in [6.07, 6.45) is 0.786. The van der Waals surface area contributed by atoms with Gasteiger partial charge in [-0.3, -0.25) is 9.88 Å². The fourth-order valence-corrected chi connectivity index (χ4v) is 2.10. The Hall–Kier alpha value is -1.37. The summed E-state index contributed by atoms with van der Waals surface area (Å²) in [6, 6.07) is 0. The normalized spacial score (nSPS) is 19.5. The molecular formula is C12H17F3N4. The highest BCUT2D eigenvalue weighted by molar-refractivity contribution is 5.35. The van der Waals surface area contributed by atoms with E-state index < -0.39 is 12.1 Å². The second kappa shape index (κ2) is 5.73. The van der Waals surface area contributed by atoms with Crippen molar-refractivity contribution in [1.29, 1.82) is 0 Å². The molecule has 0 spiro atoms. The van der Waals surface area contributed by atoms with Crippen LogP contribution in [0.15, 0.2) is 18.6 Å². The first kappa shape index (κ1) is 14.0. The first-order valence-corrected chi connectivity index (χ1v) is 6.27. The summed E-state index contributed by atoms with van der Waals surface area (Å²) < 4.78 is 37.5. The summed E-state index contributed by atoms with van der Waals surface area (Å²) in [5, 5.41) is 0. The minimum Gasteiger partial charge on any atom is -0.353 e. The lowest BCUT2D eigenvalue weighted by atomic mass is 10.1. The number of piperazine rings is 1. The van der Waals surface area contributed by atoms with E-state index in [1.54, 1.807) is 18.6 Å². The number of alkyl halides is 3. The molecule has 1 aromatic rings. The molecule has 0 saturated carbocycles. The second-order valence-corrected chi connectivity index (χ2v) is 4.79. The summed E-state index contributed by atoms with van der Waals surface area (Å²) >= 11 is 0. The molecule has 1 aliphatic heterocycles. The Labute approximate surface area is 110 Å². The van der Waals surface area contributed by atoms with Gasteiger partial charge in [0.2, 0.25) is 0 Å². The fourth-order valence-electron chi connectivity index (χ4n) is 2.10. The minimum absolute atomic E-state index is 0.0673. The molecule has 1 atom stereocenters. The van der Waals surface area contributed by atoms with Gasteiger partial charge in [-0.05, 0) is 0 Å². The van der Waals surface area contributed by atoms with Crippen molar-refractivity contribution in [2.45, 2.75) is 13.1 Å². The highest BCUT2D eigenvalue weighted by Gasteiger charge is 2.37. The number of aromatic nitrogens is 2. The average molecular weight is 274 g/mol. The largest absolute Gasteiger partial charge is 0.392 e. The number of anilines is 1. The fraction of sp³-hybridized carbons (Fsp3) is 0.667. The van der Waals surface area contributed by atoms with Crippen molar-refractivity contribution < 1.29 is 13.2 Å². The van der Waals surface area contributed by atoms with Crippen molar-refractivity contribution in [2.75, 3.05) is 37.6 Å². The predicted molar refractivity (Wildman–Crippen MR) is 65.9 cm³/mol. The Morgan fingerprint density at radius 2 is 1.89 bits per heavy atom. The van der Waals surface area contributed by atoms with Gasteiger partial charge in [0.25, 0.3) is 0 Å². The molecule has 7 heteroatoms. The Kier molecular flexibility index (Phi) is 4.24. The molecule has 0 radical (unpaired) electrons. The van der Waals surface area contributed by atoms with Gasteiger partial charge in [0.15, 0.2) is 0 Å². The van der Waals surface area contributed by atoms with E-state index in [0.29, 0.717) is 26.2 Å². The molecule has 1 saturated heterocycles. The molecule has 1 unspecified atom stereocenters. The minimum atomic E-state index is -4.11. The van der Waals surface area contributed by atoms with Gasteiger partial charge in [-0.2, -0.15) is 13.2 Å². The molecular weight excluding hydrogens is 257 g/mol. The predicted octanol–water partition coefficient (Wildman–Crippen LogP) is 1.80. The number of hydrogen-bond acceptors (Lipinski definition) is 4. The van der Waals surface area contributed by atoms with E-state index in [4.69, 9.17) is 0 Å². The molecule has 19 heavy (non-hydrogen) atoms. The third-order valence-electron chi connectivity index (χ3n) is 3.34. The summed E-state index contributed by atoms with van der Waals surface area (Å²) in [6.45, 7) is 3.91. The van der Waals surface area contributed by atoms with Crippen LogP contribution < -0.4 is 4.90 Å². The van der Waals surface area contributed by atoms with Crippen molar-refractivity contribution in [2.24, 2.45) is 5.92 Å². The number of nitrogens with zero attached hydrogens (tertiary/aromatic N) is 4. The van der Waals surface area contributed by atoms with Crippen LogP contribution in [0.4, 0.5) is 19.0 Å². The summed E-state index contributed by atoms with van der Waals surface area (Å²) in [5.41, 5.74) is 0. The first-order chi connectivity index (χ1) is 8.97. The van der Waals surface area contributed by atoms with Crippen molar-refractivity contribution >= 4 is 5.82 Å². The molecule has 0 amide bonds. The Morgan fingerprint density at radius 1 is 1.21 bits per heavy atom. The lowest BCUT2D eigenvalue weighted by Crippen LogP contribution is -2.49. The van der Waals surface area contributed by atoms with E-state index >= 15 is 0 Å². The van der Waals surface area contributed by atoms with E-state index in [-0.39, 0.29) is 6.54 Å². The lowest BCUT2D eigenvalue weighted by Gasteiger charge is -2.36. The van der Waals surface area contributed by atoms with Gasteiger partial charge in [0, 0.05) is 45.1 Å². The Balaban J connectivity index is 1.83. The molecule has 0 bridgehead atoms. The van der Waals surface area contributed by atoms with Crippen LogP contribution in [0.1, 0.15) is 6.92 Å². The van der Waals surface area contributed by atoms with Crippen LogP contribution >= 0.6 is 0 Å². The monoisotopic (exact) mass is 274 g/mol. The van der Waals surface area contributed by atoms with Crippen LogP contribution in [-0.4, -0.2) is 53.8 Å². The van der Waals surface area contributed by atoms with Gasteiger partial charge >= 0.3 is 6.18 Å². The van der Waals surface area contributed by atoms with Crippen molar-refractivity contribution in [3.8, 4) is 0 Å². The van der Waals surface area contributed by atoms with E-state index in [0.717, 1.165) is 5.82 Å². The SMILES string of the molecule is CC(CN1CCN(c2cnccn2)CC1)C(F)(F)F. The topological polar surface area (TPSA) is 32.3 Å². The van der Waals surface area contributed by atoms with Crippen molar-refractivity contribution in [1.82, 2.24) is 14.9 Å². The molecule has 0 N–H and O–H groups in total. The van der Waals surface area contributed by atoms with Crippen LogP contribution in [0.5, 0.6) is 0 Å². The average Bonchev–Trinajstić information content (AvgIpc) is 2.39. The van der Waals surface area contributed by atoms with Crippen molar-refractivity contribution in [3.05, 3.63) is 18.6 Å². The van der Waals surface area contributed by atoms with Gasteiger partial charge in [0.05, 0.1) is 12.1 Å². The summed E-state index contributed by atoms with van der Waals surface area (Å²) in [5.74, 6) is -0.499. The molecule has 1 aromatic heterocycles. The first-order valence-electron chi connectivity index (χ1n) is 6.27. The van der Waals surface area contributed by atoms with E-state index in [9.17, 15) is 13.2 Å². The van der Waals surface area contributed by atoms with Gasteiger partial charge in [0.1, 0.15) is 5.82 Å². The lowest BCUT2D eigenvalue weighted by molar-refractivity contribution is -0.174. The number of hydrogen-bond donors (Lipinski definition) is 0. The standard InChI is InChI=1S/C12H17F3N4/c1-10(12(13,14)15)9-18-4-6-19(7-5-18)11-8-16-2-3-17-11/h2-3,8,10H,4-7,9H2,1H3. The molecule has 106 valence electrons. The maximum absolute atomic E-state index is 12.5. The van der Waals surface area contributed by atoms with Crippen LogP contribution in [0.2, 0.25) is 0 Å². The van der Waals surface area contributed by atoms with Crippen molar-refractivity contribution in [3.63, 3.8) is 0 Å². The van der Waals surface area contributed by atoms with Crippen LogP contribution in [0, 0.1) is 5.92 Å². The Bertz CT molecular complexity index is 388. The summed E-state index contributed by atoms with van der Waals surface area (Å²) in [4.78, 5) is 12.1. The van der Waals surface area contributed by atoms with Gasteiger partial charge in [-0.15, -0.1) is 0 Å². The molecule has 0 aromatic carbocycles. The van der Waals surface area contributed by atoms with E-state index in [1.807, 2.05) is 9.80 Å². The molecule has 0 aliphatic carbocycles. The maximum atomic E-state index is 12.5. The van der Waals surface area contributed by atoms with Crippen LogP contribution in [0.3, 0.4) is 0 Å². The second-order valence-electron chi connectivity index (χ2n) is 4.79. The third-order valence-corrected chi connectivity index (χ3v) is 3.34. The molecule has 1 fully saturated rings. The smallest absolute Gasteiger partial charge is 0.353 e. The van der Waals surface area contributed by atoms with E-state index in [2.05, 4.69) is 9.97 Å². The molecule has 2 heterocycles. The van der Waals surface area contributed by atoms with E-state index in [1.165, 1.54) is 6.92 Å². The summed E-state index contributed by atoms with van der Waals surface area (Å²) in [7, 11) is 0. The quantitative estimate of drug-likeness (QED) is 0.841. The molecule has 2 rings (SSSR count). The van der Waals surface area contributed by atoms with Crippen LogP contribution in [-0.2, 0) is 0 Å². The molecule has 1 aliphatic rings. The third kappa shape index (κ3) is 3.79. The molecule has 4 nitrogen and oxygen atoms in total. The van der Waals surface area contributed by atoms with Gasteiger partial charge in [-0.25, -0.2) is 4.98 Å². The Morgan fingerprint density at radius 3 is 2.42 bits per heavy atom. The zero-order chi connectivity index (χ0) is 13.9. The highest BCUT2D eigenvalue weighted by atomic mass is 19.4. The van der Waals surface area contributed by atoms with Gasteiger partial charge < -0.3 is 4.90 Å². The zero-order valence-electron chi connectivity index (χ0n) is 10.8. The zero-order valence-corrected chi connectivity index (χ0v) is 10.8. The number of halogens is 3. The maximum Gasteiger partial charge on any atom is 0.392 e. The van der Waals surface area contributed by atoms with Crippen LogP contribution in [0.25, 0.3) is 0 Å². The highest BCUT2D eigenvalue weighted by Crippen LogP contribution is 2.26. The number of rotatable bonds is 3.